The van der Waals surface area contributed by atoms with Crippen molar-refractivity contribution in [2.75, 3.05) is 0 Å². The summed E-state index contributed by atoms with van der Waals surface area (Å²) < 4.78 is 13.9. The van der Waals surface area contributed by atoms with Crippen molar-refractivity contribution in [2.24, 2.45) is 0 Å². The molecule has 0 bridgehead atoms. The smallest absolute Gasteiger partial charge is 0.123 e. The molecule has 84 valence electrons. The molecule has 0 amide bonds. The molecular formula is C12H9Br2FS. The minimum absolute atomic E-state index is 0.187. The Bertz CT molecular complexity index is 464. The highest BCUT2D eigenvalue weighted by molar-refractivity contribution is 9.11. The van der Waals surface area contributed by atoms with Crippen LogP contribution in [0.15, 0.2) is 39.5 Å². The Morgan fingerprint density at radius 2 is 1.94 bits per heavy atom. The van der Waals surface area contributed by atoms with Crippen LogP contribution >= 0.6 is 43.2 Å². The molecule has 0 spiro atoms. The number of thiophene rings is 1. The molecule has 2 rings (SSSR count). The molecular weight excluding hydrogens is 355 g/mol. The fourth-order valence-corrected chi connectivity index (χ4v) is 3.48. The molecule has 1 unspecified atom stereocenters. The molecule has 0 saturated heterocycles. The van der Waals surface area contributed by atoms with Gasteiger partial charge in [0.1, 0.15) is 5.82 Å². The predicted octanol–water partition coefficient (Wildman–Crippen LogP) is 5.33. The molecule has 0 N–H and O–H groups in total. The molecule has 1 aromatic heterocycles. The van der Waals surface area contributed by atoms with Crippen LogP contribution in [-0.2, 0) is 6.42 Å². The van der Waals surface area contributed by atoms with Gasteiger partial charge in [0.2, 0.25) is 0 Å². The van der Waals surface area contributed by atoms with Crippen molar-refractivity contribution >= 4 is 43.2 Å². The second kappa shape index (κ2) is 5.43. The summed E-state index contributed by atoms with van der Waals surface area (Å²) in [6, 6.07) is 8.75. The monoisotopic (exact) mass is 362 g/mol. The average Bonchev–Trinajstić information content (AvgIpc) is 2.68. The van der Waals surface area contributed by atoms with Crippen molar-refractivity contribution in [2.45, 2.75) is 11.2 Å². The number of alkyl halides is 1. The van der Waals surface area contributed by atoms with Crippen LogP contribution in [0, 0.1) is 5.82 Å². The van der Waals surface area contributed by atoms with Crippen molar-refractivity contribution in [3.05, 3.63) is 56.4 Å². The normalized spacial score (nSPS) is 12.7. The second-order valence-electron chi connectivity index (χ2n) is 3.48. The summed E-state index contributed by atoms with van der Waals surface area (Å²) in [5.74, 6) is -0.187. The topological polar surface area (TPSA) is 0 Å². The van der Waals surface area contributed by atoms with Crippen LogP contribution in [0.1, 0.15) is 16.0 Å². The van der Waals surface area contributed by atoms with E-state index in [2.05, 4.69) is 43.3 Å². The molecule has 0 nitrogen and oxygen atoms in total. The van der Waals surface area contributed by atoms with E-state index < -0.39 is 0 Å². The maximum absolute atomic E-state index is 12.7. The fraction of sp³-hybridized carbons (Fsp3) is 0.167. The summed E-state index contributed by atoms with van der Waals surface area (Å²) in [6.45, 7) is 0. The zero-order valence-electron chi connectivity index (χ0n) is 8.29. The zero-order valence-corrected chi connectivity index (χ0v) is 12.3. The summed E-state index contributed by atoms with van der Waals surface area (Å²) in [6.07, 6.45) is 0.865. The van der Waals surface area contributed by atoms with Gasteiger partial charge in [0.05, 0.1) is 3.79 Å². The van der Waals surface area contributed by atoms with Gasteiger partial charge in [-0.05, 0) is 57.1 Å². The number of halogens is 3. The van der Waals surface area contributed by atoms with Gasteiger partial charge in [-0.1, -0.05) is 28.1 Å². The van der Waals surface area contributed by atoms with Crippen LogP contribution in [0.25, 0.3) is 0 Å². The van der Waals surface area contributed by atoms with Crippen molar-refractivity contribution in [1.82, 2.24) is 0 Å². The standard InChI is InChI=1S/C12H9Br2FS/c13-11(9-6-12(14)16-7-9)5-8-1-3-10(15)4-2-8/h1-4,6-7,11H,5H2. The quantitative estimate of drug-likeness (QED) is 0.646. The lowest BCUT2D eigenvalue weighted by Gasteiger charge is -2.07. The van der Waals surface area contributed by atoms with Gasteiger partial charge in [-0.3, -0.25) is 0 Å². The first kappa shape index (κ1) is 12.3. The third-order valence-electron chi connectivity index (χ3n) is 2.28. The lowest BCUT2D eigenvalue weighted by molar-refractivity contribution is 0.627. The maximum Gasteiger partial charge on any atom is 0.123 e. The van der Waals surface area contributed by atoms with E-state index in [0.29, 0.717) is 0 Å². The van der Waals surface area contributed by atoms with Crippen LogP contribution in [0.3, 0.4) is 0 Å². The van der Waals surface area contributed by atoms with Gasteiger partial charge in [-0.25, -0.2) is 4.39 Å². The number of hydrogen-bond acceptors (Lipinski definition) is 1. The first-order valence-corrected chi connectivity index (χ1v) is 7.36. The van der Waals surface area contributed by atoms with Gasteiger partial charge in [-0.15, -0.1) is 11.3 Å². The van der Waals surface area contributed by atoms with Gasteiger partial charge in [0.25, 0.3) is 0 Å². The predicted molar refractivity (Wildman–Crippen MR) is 73.8 cm³/mol. The van der Waals surface area contributed by atoms with Crippen LogP contribution in [0.5, 0.6) is 0 Å². The average molecular weight is 364 g/mol. The van der Waals surface area contributed by atoms with E-state index in [-0.39, 0.29) is 10.6 Å². The Balaban J connectivity index is 2.07. The first-order valence-electron chi connectivity index (χ1n) is 4.77. The van der Waals surface area contributed by atoms with Crippen molar-refractivity contribution in [3.8, 4) is 0 Å². The Hall–Kier alpha value is -0.190. The molecule has 0 aliphatic heterocycles. The van der Waals surface area contributed by atoms with E-state index >= 15 is 0 Å². The Labute approximate surface area is 115 Å². The lowest BCUT2D eigenvalue weighted by atomic mass is 10.1. The molecule has 1 aromatic carbocycles. The summed E-state index contributed by atoms with van der Waals surface area (Å²) in [5.41, 5.74) is 2.38. The molecule has 16 heavy (non-hydrogen) atoms. The minimum Gasteiger partial charge on any atom is -0.207 e. The number of hydrogen-bond donors (Lipinski definition) is 0. The summed E-state index contributed by atoms with van der Waals surface area (Å²) in [5, 5.41) is 2.12. The number of benzene rings is 1. The summed E-state index contributed by atoms with van der Waals surface area (Å²) in [7, 11) is 0. The summed E-state index contributed by atoms with van der Waals surface area (Å²) >= 11 is 8.76. The van der Waals surface area contributed by atoms with E-state index in [9.17, 15) is 4.39 Å². The van der Waals surface area contributed by atoms with Crippen molar-refractivity contribution < 1.29 is 4.39 Å². The Morgan fingerprint density at radius 3 is 2.50 bits per heavy atom. The lowest BCUT2D eigenvalue weighted by Crippen LogP contribution is -1.93. The molecule has 4 heteroatoms. The second-order valence-corrected chi connectivity index (χ2v) is 6.88. The molecule has 0 saturated carbocycles. The van der Waals surface area contributed by atoms with Crippen molar-refractivity contribution in [3.63, 3.8) is 0 Å². The van der Waals surface area contributed by atoms with E-state index in [1.54, 1.807) is 11.3 Å². The molecule has 0 radical (unpaired) electrons. The van der Waals surface area contributed by atoms with Crippen LogP contribution in [0.4, 0.5) is 4.39 Å². The van der Waals surface area contributed by atoms with Crippen LogP contribution in [-0.4, -0.2) is 0 Å². The fourth-order valence-electron chi connectivity index (χ4n) is 1.43. The largest absolute Gasteiger partial charge is 0.207 e. The highest BCUT2D eigenvalue weighted by Crippen LogP contribution is 2.32. The molecule has 2 aromatic rings. The minimum atomic E-state index is -0.187. The summed E-state index contributed by atoms with van der Waals surface area (Å²) in [4.78, 5) is 0.278. The van der Waals surface area contributed by atoms with Gasteiger partial charge in [-0.2, -0.15) is 0 Å². The van der Waals surface area contributed by atoms with E-state index in [1.165, 1.54) is 17.7 Å². The Morgan fingerprint density at radius 1 is 1.25 bits per heavy atom. The van der Waals surface area contributed by atoms with Gasteiger partial charge >= 0.3 is 0 Å². The van der Waals surface area contributed by atoms with Crippen molar-refractivity contribution in [1.29, 1.82) is 0 Å². The third-order valence-corrected chi connectivity index (χ3v) is 4.65. The van der Waals surface area contributed by atoms with E-state index in [0.717, 1.165) is 15.8 Å². The SMILES string of the molecule is Fc1ccc(CC(Br)c2csc(Br)c2)cc1. The molecule has 1 atom stereocenters. The molecule has 0 aliphatic carbocycles. The van der Waals surface area contributed by atoms with E-state index in [4.69, 9.17) is 0 Å². The maximum atomic E-state index is 12.7. The van der Waals surface area contributed by atoms with Gasteiger partial charge in [0.15, 0.2) is 0 Å². The van der Waals surface area contributed by atoms with Gasteiger partial charge < -0.3 is 0 Å². The highest BCUT2D eigenvalue weighted by Gasteiger charge is 2.10. The molecule has 0 fully saturated rings. The zero-order chi connectivity index (χ0) is 11.5. The van der Waals surface area contributed by atoms with E-state index in [1.807, 2.05) is 12.1 Å². The van der Waals surface area contributed by atoms with Crippen LogP contribution < -0.4 is 0 Å². The first-order chi connectivity index (χ1) is 7.65. The third kappa shape index (κ3) is 3.15. The Kier molecular flexibility index (Phi) is 4.16. The van der Waals surface area contributed by atoms with Crippen LogP contribution in [0.2, 0.25) is 0 Å². The molecule has 0 aliphatic rings. The van der Waals surface area contributed by atoms with Gasteiger partial charge in [0, 0.05) is 4.83 Å². The number of rotatable bonds is 3. The molecule has 1 heterocycles. The highest BCUT2D eigenvalue weighted by atomic mass is 79.9.